The van der Waals surface area contributed by atoms with Crippen LogP contribution in [-0.2, 0) is 23.9 Å². The van der Waals surface area contributed by atoms with Crippen molar-refractivity contribution in [3.05, 3.63) is 41.5 Å². The largest absolute Gasteiger partial charge is 0.299 e. The lowest BCUT2D eigenvalue weighted by Crippen LogP contribution is -2.62. The summed E-state index contributed by atoms with van der Waals surface area (Å²) in [6, 6.07) is 6.78. The Bertz CT molecular complexity index is 1200. The molecular formula is C29H40O5S. The highest BCUT2D eigenvalue weighted by Crippen LogP contribution is 2.70. The average Bonchev–Trinajstić information content (AvgIpc) is 3.12. The second kappa shape index (κ2) is 8.11. The topological polar surface area (TPSA) is 77.5 Å². The molecule has 192 valence electrons. The van der Waals surface area contributed by atoms with Gasteiger partial charge in [0.2, 0.25) is 0 Å². The molecule has 0 heterocycles. The molecule has 1 aromatic carbocycles. The van der Waals surface area contributed by atoms with Crippen molar-refractivity contribution >= 4 is 21.7 Å². The van der Waals surface area contributed by atoms with Crippen molar-refractivity contribution in [3.8, 4) is 0 Å². The van der Waals surface area contributed by atoms with Gasteiger partial charge < -0.3 is 0 Å². The molecular weight excluding hydrogens is 460 g/mol. The summed E-state index contributed by atoms with van der Waals surface area (Å²) in [5.74, 6) is 0.880. The van der Waals surface area contributed by atoms with E-state index < -0.39 is 10.1 Å². The van der Waals surface area contributed by atoms with Crippen LogP contribution in [0.4, 0.5) is 0 Å². The van der Waals surface area contributed by atoms with Crippen LogP contribution in [0.15, 0.2) is 40.8 Å². The summed E-state index contributed by atoms with van der Waals surface area (Å²) in [7, 11) is -3.82. The Balaban J connectivity index is 0.00000304. The predicted molar refractivity (Wildman–Crippen MR) is 136 cm³/mol. The predicted octanol–water partition coefficient (Wildman–Crippen LogP) is 6.05. The third-order valence-corrected chi connectivity index (χ3v) is 11.8. The molecule has 0 saturated heterocycles. The van der Waals surface area contributed by atoms with Gasteiger partial charge in [0, 0.05) is 19.2 Å². The van der Waals surface area contributed by atoms with Crippen molar-refractivity contribution in [2.45, 2.75) is 90.6 Å². The van der Waals surface area contributed by atoms with Gasteiger partial charge in [0.1, 0.15) is 5.78 Å². The van der Waals surface area contributed by atoms with E-state index in [9.17, 15) is 18.0 Å². The molecule has 1 aromatic rings. The highest BCUT2D eigenvalue weighted by Gasteiger charge is 2.67. The summed E-state index contributed by atoms with van der Waals surface area (Å²) < 4.78 is 31.6. The lowest BCUT2D eigenvalue weighted by molar-refractivity contribution is -0.178. The lowest BCUT2D eigenvalue weighted by Gasteiger charge is -2.64. The number of benzene rings is 1. The molecule has 0 spiro atoms. The minimum atomic E-state index is -3.82. The van der Waals surface area contributed by atoms with E-state index >= 15 is 0 Å². The zero-order valence-corrected chi connectivity index (χ0v) is 22.4. The summed E-state index contributed by atoms with van der Waals surface area (Å²) >= 11 is 0. The van der Waals surface area contributed by atoms with Gasteiger partial charge in [-0.2, -0.15) is 8.42 Å². The Morgan fingerprint density at radius 2 is 1.71 bits per heavy atom. The van der Waals surface area contributed by atoms with E-state index in [0.29, 0.717) is 31.0 Å². The second-order valence-electron chi connectivity index (χ2n) is 12.5. The summed E-state index contributed by atoms with van der Waals surface area (Å²) in [4.78, 5) is 26.5. The van der Waals surface area contributed by atoms with Crippen molar-refractivity contribution in [3.63, 3.8) is 0 Å². The number of allylic oxidation sites excluding steroid dienone is 2. The Hall–Kier alpha value is -1.79. The first-order valence-corrected chi connectivity index (χ1v) is 14.5. The number of Topliss-reactive ketones (excluding diaryl/α,β-unsaturated/α-hetero) is 2. The second-order valence-corrected chi connectivity index (χ2v) is 14.0. The maximum absolute atomic E-state index is 13.9. The van der Waals surface area contributed by atoms with Crippen LogP contribution in [0.25, 0.3) is 0 Å². The fourth-order valence-electron chi connectivity index (χ4n) is 8.87. The van der Waals surface area contributed by atoms with Gasteiger partial charge in [-0.05, 0) is 92.7 Å². The van der Waals surface area contributed by atoms with Gasteiger partial charge >= 0.3 is 0 Å². The standard InChI is InChI=1S/C29H38O5S.H2/c1-18-6-8-22(9-7-18)35(32,33)34-21-13-15-27(3)20(16-21)12-14-28(4)25-11-10-23(19(2)30)29(25,5)17-24(31)26(27)28;/h6-10,20-21,25-26H,11-17H2,1-5H3;1H/t20-,21+,25-,26+,27-,28-,29+;/m0./s1. The van der Waals surface area contributed by atoms with Crippen LogP contribution in [0, 0.1) is 40.9 Å². The smallest absolute Gasteiger partial charge is 0.297 e. The van der Waals surface area contributed by atoms with Gasteiger partial charge in [-0.1, -0.05) is 44.5 Å². The molecule has 0 radical (unpaired) electrons. The van der Waals surface area contributed by atoms with Crippen molar-refractivity contribution in [1.82, 2.24) is 0 Å². The Labute approximate surface area is 211 Å². The van der Waals surface area contributed by atoms with Crippen molar-refractivity contribution in [2.24, 2.45) is 34.0 Å². The fourth-order valence-corrected chi connectivity index (χ4v) is 9.98. The van der Waals surface area contributed by atoms with Gasteiger partial charge in [-0.15, -0.1) is 0 Å². The molecule has 3 fully saturated rings. The van der Waals surface area contributed by atoms with E-state index in [1.807, 2.05) is 6.92 Å². The molecule has 5 rings (SSSR count). The van der Waals surface area contributed by atoms with Gasteiger partial charge in [-0.3, -0.25) is 13.8 Å². The van der Waals surface area contributed by atoms with E-state index in [1.165, 1.54) is 0 Å². The zero-order valence-electron chi connectivity index (χ0n) is 21.6. The molecule has 3 saturated carbocycles. The van der Waals surface area contributed by atoms with Crippen LogP contribution >= 0.6 is 0 Å². The Kier molecular flexibility index (Phi) is 5.76. The van der Waals surface area contributed by atoms with E-state index in [2.05, 4.69) is 26.8 Å². The molecule has 0 N–H and O–H groups in total. The number of aryl methyl sites for hydroxylation is 1. The molecule has 4 aliphatic rings. The molecule has 0 amide bonds. The molecule has 0 bridgehead atoms. The summed E-state index contributed by atoms with van der Waals surface area (Å²) in [6.45, 7) is 10.2. The van der Waals surface area contributed by atoms with E-state index in [1.54, 1.807) is 31.2 Å². The monoisotopic (exact) mass is 500 g/mol. The molecule has 5 nitrogen and oxygen atoms in total. The molecule has 6 heteroatoms. The summed E-state index contributed by atoms with van der Waals surface area (Å²) in [6.07, 6.45) is 7.03. The molecule has 0 aliphatic heterocycles. The number of rotatable bonds is 4. The Morgan fingerprint density at radius 1 is 1.06 bits per heavy atom. The van der Waals surface area contributed by atoms with Gasteiger partial charge in [0.15, 0.2) is 5.78 Å². The van der Waals surface area contributed by atoms with Crippen LogP contribution in [0.1, 0.15) is 79.6 Å². The number of ketones is 2. The number of carbonyl (C=O) groups excluding carboxylic acids is 2. The molecule has 0 aromatic heterocycles. The summed E-state index contributed by atoms with van der Waals surface area (Å²) in [5.41, 5.74) is 1.17. The summed E-state index contributed by atoms with van der Waals surface area (Å²) in [5, 5.41) is 0. The van der Waals surface area contributed by atoms with E-state index in [-0.39, 0.29) is 46.3 Å². The van der Waals surface area contributed by atoms with Crippen LogP contribution in [0.3, 0.4) is 0 Å². The van der Waals surface area contributed by atoms with E-state index in [4.69, 9.17) is 4.18 Å². The normalized spacial score (nSPS) is 40.9. The minimum Gasteiger partial charge on any atom is -0.299 e. The van der Waals surface area contributed by atoms with Crippen LogP contribution < -0.4 is 0 Å². The maximum Gasteiger partial charge on any atom is 0.297 e. The first-order chi connectivity index (χ1) is 16.3. The first kappa shape index (κ1) is 24.9. The fraction of sp³-hybridized carbons (Fsp3) is 0.655. The quantitative estimate of drug-likeness (QED) is 0.470. The zero-order chi connectivity index (χ0) is 25.4. The number of fused-ring (bicyclic) bond motifs is 5. The third kappa shape index (κ3) is 3.69. The first-order valence-electron chi connectivity index (χ1n) is 13.1. The molecule has 7 atom stereocenters. The van der Waals surface area contributed by atoms with Crippen molar-refractivity contribution in [1.29, 1.82) is 0 Å². The maximum atomic E-state index is 13.9. The van der Waals surface area contributed by atoms with Crippen LogP contribution in [-0.4, -0.2) is 26.1 Å². The SMILES string of the molecule is CC(=O)C1=CC[C@H]2[C@]3(C)CC[C@H]4C[C@H](OS(=O)(=O)c5ccc(C)cc5)CC[C@]4(C)[C@H]3C(=O)C[C@]12C.[HH]. The average molecular weight is 501 g/mol. The number of hydrogen-bond donors (Lipinski definition) is 0. The lowest BCUT2D eigenvalue weighted by atomic mass is 9.39. The van der Waals surface area contributed by atoms with E-state index in [0.717, 1.165) is 36.8 Å². The molecule has 35 heavy (non-hydrogen) atoms. The van der Waals surface area contributed by atoms with Crippen LogP contribution in [0.2, 0.25) is 0 Å². The number of hydrogen-bond acceptors (Lipinski definition) is 5. The molecule has 0 unspecified atom stereocenters. The van der Waals surface area contributed by atoms with Gasteiger partial charge in [0.25, 0.3) is 10.1 Å². The minimum absolute atomic E-state index is 0. The Morgan fingerprint density at radius 3 is 2.37 bits per heavy atom. The molecule has 4 aliphatic carbocycles. The van der Waals surface area contributed by atoms with Gasteiger partial charge in [0.05, 0.1) is 11.0 Å². The van der Waals surface area contributed by atoms with Crippen molar-refractivity contribution < 1.29 is 23.6 Å². The number of carbonyl (C=O) groups is 2. The van der Waals surface area contributed by atoms with Crippen LogP contribution in [0.5, 0.6) is 0 Å². The van der Waals surface area contributed by atoms with Crippen molar-refractivity contribution in [2.75, 3.05) is 0 Å². The highest BCUT2D eigenvalue weighted by molar-refractivity contribution is 7.86. The third-order valence-electron chi connectivity index (χ3n) is 10.4. The highest BCUT2D eigenvalue weighted by atomic mass is 32.2. The van der Waals surface area contributed by atoms with Gasteiger partial charge in [-0.25, -0.2) is 0 Å².